The van der Waals surface area contributed by atoms with Crippen molar-refractivity contribution in [1.82, 2.24) is 0 Å². The van der Waals surface area contributed by atoms with E-state index in [1.54, 1.807) is 0 Å². The van der Waals surface area contributed by atoms with Crippen LogP contribution in [0.2, 0.25) is 0 Å². The van der Waals surface area contributed by atoms with Crippen LogP contribution in [0.25, 0.3) is 0 Å². The highest BCUT2D eigenvalue weighted by atomic mass is 16.1. The molecule has 0 aliphatic heterocycles. The number of hydrogen-bond donors (Lipinski definition) is 1. The first-order valence-electron chi connectivity index (χ1n) is 5.83. The zero-order chi connectivity index (χ0) is 10.8. The normalized spacial score (nSPS) is 35.3. The summed E-state index contributed by atoms with van der Waals surface area (Å²) in [7, 11) is 0. The third-order valence-corrected chi connectivity index (χ3v) is 3.58. The highest BCUT2D eigenvalue weighted by molar-refractivity contribution is 5.90. The minimum atomic E-state index is -0.507. The SMILES string of the molecule is CCC(C)C(=O)C1(N)CCCC(C)C1. The van der Waals surface area contributed by atoms with Crippen molar-refractivity contribution in [1.29, 1.82) is 0 Å². The van der Waals surface area contributed by atoms with Crippen molar-refractivity contribution in [3.8, 4) is 0 Å². The van der Waals surface area contributed by atoms with Crippen LogP contribution in [0.5, 0.6) is 0 Å². The molecule has 0 bridgehead atoms. The van der Waals surface area contributed by atoms with Gasteiger partial charge in [0.25, 0.3) is 0 Å². The van der Waals surface area contributed by atoms with Gasteiger partial charge in [-0.1, -0.05) is 33.6 Å². The Morgan fingerprint density at radius 3 is 2.79 bits per heavy atom. The van der Waals surface area contributed by atoms with Crippen LogP contribution in [-0.4, -0.2) is 11.3 Å². The standard InChI is InChI=1S/C12H23NO/c1-4-10(3)11(14)12(13)7-5-6-9(2)8-12/h9-10H,4-8,13H2,1-3H3. The predicted molar refractivity (Wildman–Crippen MR) is 59.0 cm³/mol. The number of hydrogen-bond acceptors (Lipinski definition) is 2. The van der Waals surface area contributed by atoms with E-state index in [0.29, 0.717) is 5.92 Å². The van der Waals surface area contributed by atoms with Crippen LogP contribution in [0, 0.1) is 11.8 Å². The third-order valence-electron chi connectivity index (χ3n) is 3.58. The molecule has 1 fully saturated rings. The fourth-order valence-corrected chi connectivity index (χ4v) is 2.49. The lowest BCUT2D eigenvalue weighted by Crippen LogP contribution is -2.53. The van der Waals surface area contributed by atoms with Gasteiger partial charge in [-0.05, 0) is 25.2 Å². The third kappa shape index (κ3) is 2.35. The second-order valence-electron chi connectivity index (χ2n) is 5.03. The highest BCUT2D eigenvalue weighted by Gasteiger charge is 2.39. The molecule has 2 N–H and O–H groups in total. The van der Waals surface area contributed by atoms with Crippen molar-refractivity contribution in [2.24, 2.45) is 17.6 Å². The Balaban J connectivity index is 2.68. The van der Waals surface area contributed by atoms with Crippen molar-refractivity contribution in [2.75, 3.05) is 0 Å². The molecule has 1 aliphatic rings. The summed E-state index contributed by atoms with van der Waals surface area (Å²) in [4.78, 5) is 12.1. The van der Waals surface area contributed by atoms with Gasteiger partial charge in [-0.2, -0.15) is 0 Å². The summed E-state index contributed by atoms with van der Waals surface area (Å²) in [5.74, 6) is 1.03. The first-order chi connectivity index (χ1) is 6.49. The average molecular weight is 197 g/mol. The molecule has 1 saturated carbocycles. The molecular formula is C12H23NO. The molecule has 3 unspecified atom stereocenters. The molecule has 2 nitrogen and oxygen atoms in total. The molecule has 1 rings (SSSR count). The maximum absolute atomic E-state index is 12.1. The first kappa shape index (κ1) is 11.7. The van der Waals surface area contributed by atoms with Crippen molar-refractivity contribution >= 4 is 5.78 Å². The summed E-state index contributed by atoms with van der Waals surface area (Å²) in [6.45, 7) is 6.25. The number of carbonyl (C=O) groups is 1. The topological polar surface area (TPSA) is 43.1 Å². The van der Waals surface area contributed by atoms with E-state index in [0.717, 1.165) is 25.7 Å². The molecule has 1 aliphatic carbocycles. The second kappa shape index (κ2) is 4.43. The zero-order valence-corrected chi connectivity index (χ0v) is 9.68. The Bertz CT molecular complexity index is 214. The summed E-state index contributed by atoms with van der Waals surface area (Å²) in [6, 6.07) is 0. The van der Waals surface area contributed by atoms with Crippen LogP contribution in [0.3, 0.4) is 0 Å². The van der Waals surface area contributed by atoms with Crippen LogP contribution in [0.15, 0.2) is 0 Å². The van der Waals surface area contributed by atoms with Gasteiger partial charge in [0.2, 0.25) is 0 Å². The van der Waals surface area contributed by atoms with Gasteiger partial charge in [0.1, 0.15) is 0 Å². The van der Waals surface area contributed by atoms with E-state index in [-0.39, 0.29) is 11.7 Å². The van der Waals surface area contributed by atoms with Crippen molar-refractivity contribution in [3.05, 3.63) is 0 Å². The molecule has 0 spiro atoms. The fourth-order valence-electron chi connectivity index (χ4n) is 2.49. The van der Waals surface area contributed by atoms with E-state index >= 15 is 0 Å². The quantitative estimate of drug-likeness (QED) is 0.755. The molecule has 82 valence electrons. The van der Waals surface area contributed by atoms with Gasteiger partial charge < -0.3 is 5.73 Å². The molecule has 0 amide bonds. The molecule has 0 radical (unpaired) electrons. The number of ketones is 1. The highest BCUT2D eigenvalue weighted by Crippen LogP contribution is 2.33. The zero-order valence-electron chi connectivity index (χ0n) is 9.68. The summed E-state index contributed by atoms with van der Waals surface area (Å²) < 4.78 is 0. The Morgan fingerprint density at radius 1 is 1.64 bits per heavy atom. The van der Waals surface area contributed by atoms with E-state index in [1.807, 2.05) is 6.92 Å². The monoisotopic (exact) mass is 197 g/mol. The maximum Gasteiger partial charge on any atom is 0.155 e. The smallest absolute Gasteiger partial charge is 0.155 e. The lowest BCUT2D eigenvalue weighted by Gasteiger charge is -2.37. The molecule has 0 aromatic heterocycles. The van der Waals surface area contributed by atoms with Gasteiger partial charge in [-0.25, -0.2) is 0 Å². The van der Waals surface area contributed by atoms with Crippen LogP contribution in [-0.2, 0) is 4.79 Å². The maximum atomic E-state index is 12.1. The van der Waals surface area contributed by atoms with Gasteiger partial charge in [0.15, 0.2) is 5.78 Å². The number of rotatable bonds is 3. The Morgan fingerprint density at radius 2 is 2.29 bits per heavy atom. The second-order valence-corrected chi connectivity index (χ2v) is 5.03. The van der Waals surface area contributed by atoms with Gasteiger partial charge in [0.05, 0.1) is 5.54 Å². The minimum Gasteiger partial charge on any atom is -0.319 e. The molecule has 2 heteroatoms. The van der Waals surface area contributed by atoms with Crippen LogP contribution >= 0.6 is 0 Å². The van der Waals surface area contributed by atoms with E-state index in [2.05, 4.69) is 13.8 Å². The lowest BCUT2D eigenvalue weighted by atomic mass is 9.72. The average Bonchev–Trinajstić information content (AvgIpc) is 2.15. The summed E-state index contributed by atoms with van der Waals surface area (Å²) in [5, 5.41) is 0. The van der Waals surface area contributed by atoms with Crippen LogP contribution < -0.4 is 5.73 Å². The number of nitrogens with two attached hydrogens (primary N) is 1. The van der Waals surface area contributed by atoms with Crippen molar-refractivity contribution in [2.45, 2.75) is 58.4 Å². The van der Waals surface area contributed by atoms with E-state index in [9.17, 15) is 4.79 Å². The van der Waals surface area contributed by atoms with Crippen LogP contribution in [0.4, 0.5) is 0 Å². The van der Waals surface area contributed by atoms with Gasteiger partial charge in [-0.15, -0.1) is 0 Å². The molecule has 0 aromatic carbocycles. The van der Waals surface area contributed by atoms with Crippen molar-refractivity contribution < 1.29 is 4.79 Å². The molecule has 0 aromatic rings. The molecule has 0 heterocycles. The van der Waals surface area contributed by atoms with E-state index in [4.69, 9.17) is 5.73 Å². The van der Waals surface area contributed by atoms with E-state index in [1.165, 1.54) is 6.42 Å². The summed E-state index contributed by atoms with van der Waals surface area (Å²) in [5.41, 5.74) is 5.71. The fraction of sp³-hybridized carbons (Fsp3) is 0.917. The molecule has 3 atom stereocenters. The first-order valence-corrected chi connectivity index (χ1v) is 5.83. The Hall–Kier alpha value is -0.370. The van der Waals surface area contributed by atoms with Crippen LogP contribution in [0.1, 0.15) is 52.9 Å². The largest absolute Gasteiger partial charge is 0.319 e. The number of Topliss-reactive ketones (excluding diaryl/α,β-unsaturated/α-hetero) is 1. The summed E-state index contributed by atoms with van der Waals surface area (Å²) >= 11 is 0. The van der Waals surface area contributed by atoms with Gasteiger partial charge in [0, 0.05) is 5.92 Å². The summed E-state index contributed by atoms with van der Waals surface area (Å²) in [6.07, 6.45) is 5.02. The van der Waals surface area contributed by atoms with Crippen molar-refractivity contribution in [3.63, 3.8) is 0 Å². The minimum absolute atomic E-state index is 0.130. The number of carbonyl (C=O) groups excluding carboxylic acids is 1. The Labute approximate surface area is 87.2 Å². The lowest BCUT2D eigenvalue weighted by molar-refractivity contribution is -0.129. The van der Waals surface area contributed by atoms with Gasteiger partial charge in [-0.3, -0.25) is 4.79 Å². The molecule has 14 heavy (non-hydrogen) atoms. The predicted octanol–water partition coefficient (Wildman–Crippen LogP) is 2.51. The van der Waals surface area contributed by atoms with E-state index < -0.39 is 5.54 Å². The van der Waals surface area contributed by atoms with Gasteiger partial charge >= 0.3 is 0 Å². The Kier molecular flexibility index (Phi) is 3.71. The molecular weight excluding hydrogens is 174 g/mol. The molecule has 0 saturated heterocycles.